The van der Waals surface area contributed by atoms with Crippen molar-refractivity contribution in [1.82, 2.24) is 9.97 Å². The van der Waals surface area contributed by atoms with Gasteiger partial charge in [0.15, 0.2) is 0 Å². The average molecular weight is 316 g/mol. The number of halogens is 1. The Bertz CT molecular complexity index is 718. The van der Waals surface area contributed by atoms with E-state index in [4.69, 9.17) is 0 Å². The number of aromatic amines is 1. The number of benzene rings is 2. The second-order valence-corrected chi connectivity index (χ2v) is 5.34. The van der Waals surface area contributed by atoms with E-state index in [2.05, 4.69) is 67.6 Å². The molecule has 0 aliphatic rings. The van der Waals surface area contributed by atoms with Gasteiger partial charge in [0.2, 0.25) is 0 Å². The van der Waals surface area contributed by atoms with Crippen LogP contribution in [0.5, 0.6) is 0 Å². The first-order chi connectivity index (χ1) is 9.24. The molecule has 0 aliphatic carbocycles. The molecule has 3 rings (SSSR count). The van der Waals surface area contributed by atoms with Crippen LogP contribution < -0.4 is 5.32 Å². The Morgan fingerprint density at radius 1 is 1.16 bits per heavy atom. The standard InChI is InChI=1S/C15H14BrN3/c1-10-17-8-11(19-10)9-18-15-7-6-14(16)12-4-2-3-5-13(12)15/h2-8,18H,9H2,1H3,(H,17,19). The molecule has 1 aromatic heterocycles. The van der Waals surface area contributed by atoms with Crippen molar-refractivity contribution in [2.24, 2.45) is 0 Å². The van der Waals surface area contributed by atoms with E-state index < -0.39 is 0 Å². The number of fused-ring (bicyclic) bond motifs is 1. The molecule has 19 heavy (non-hydrogen) atoms. The minimum Gasteiger partial charge on any atom is -0.379 e. The third kappa shape index (κ3) is 2.49. The predicted molar refractivity (Wildman–Crippen MR) is 82.3 cm³/mol. The number of anilines is 1. The van der Waals surface area contributed by atoms with Gasteiger partial charge in [-0.1, -0.05) is 40.2 Å². The zero-order chi connectivity index (χ0) is 13.2. The van der Waals surface area contributed by atoms with Gasteiger partial charge in [-0.05, 0) is 24.4 Å². The van der Waals surface area contributed by atoms with Gasteiger partial charge in [0.1, 0.15) is 5.82 Å². The van der Waals surface area contributed by atoms with Crippen molar-refractivity contribution >= 4 is 32.4 Å². The highest BCUT2D eigenvalue weighted by Gasteiger charge is 2.04. The van der Waals surface area contributed by atoms with Crippen molar-refractivity contribution in [3.8, 4) is 0 Å². The normalized spacial score (nSPS) is 10.8. The lowest BCUT2D eigenvalue weighted by molar-refractivity contribution is 1.05. The number of hydrogen-bond acceptors (Lipinski definition) is 2. The zero-order valence-electron chi connectivity index (χ0n) is 10.6. The minimum atomic E-state index is 0.743. The highest BCUT2D eigenvalue weighted by atomic mass is 79.9. The largest absolute Gasteiger partial charge is 0.379 e. The molecule has 0 atom stereocenters. The molecule has 96 valence electrons. The Hall–Kier alpha value is -1.81. The summed E-state index contributed by atoms with van der Waals surface area (Å²) in [5.74, 6) is 0.942. The maximum absolute atomic E-state index is 4.20. The Morgan fingerprint density at radius 2 is 1.95 bits per heavy atom. The van der Waals surface area contributed by atoms with Crippen LogP contribution in [0.1, 0.15) is 11.5 Å². The highest BCUT2D eigenvalue weighted by Crippen LogP contribution is 2.30. The Labute approximate surface area is 120 Å². The number of aryl methyl sites for hydroxylation is 1. The smallest absolute Gasteiger partial charge is 0.103 e. The fourth-order valence-corrected chi connectivity index (χ4v) is 2.65. The van der Waals surface area contributed by atoms with Gasteiger partial charge in [-0.2, -0.15) is 0 Å². The molecule has 1 heterocycles. The number of imidazole rings is 1. The fourth-order valence-electron chi connectivity index (χ4n) is 2.17. The first-order valence-corrected chi connectivity index (χ1v) is 6.95. The SMILES string of the molecule is Cc1ncc(CNc2ccc(Br)c3ccccc23)[nH]1. The Kier molecular flexibility index (Phi) is 3.25. The maximum atomic E-state index is 4.20. The third-order valence-corrected chi connectivity index (χ3v) is 3.79. The lowest BCUT2D eigenvalue weighted by Crippen LogP contribution is -2.00. The quantitative estimate of drug-likeness (QED) is 0.758. The van der Waals surface area contributed by atoms with E-state index in [1.165, 1.54) is 10.8 Å². The van der Waals surface area contributed by atoms with Crippen molar-refractivity contribution in [2.75, 3.05) is 5.32 Å². The average Bonchev–Trinajstić information content (AvgIpc) is 2.84. The van der Waals surface area contributed by atoms with Crippen molar-refractivity contribution in [3.05, 3.63) is 58.6 Å². The molecule has 2 aromatic carbocycles. The molecule has 0 aliphatic heterocycles. The van der Waals surface area contributed by atoms with Crippen molar-refractivity contribution < 1.29 is 0 Å². The van der Waals surface area contributed by atoms with E-state index in [0.717, 1.165) is 28.2 Å². The summed E-state index contributed by atoms with van der Waals surface area (Å²) in [6.07, 6.45) is 1.86. The van der Waals surface area contributed by atoms with Crippen LogP contribution in [-0.2, 0) is 6.54 Å². The van der Waals surface area contributed by atoms with Crippen LogP contribution in [-0.4, -0.2) is 9.97 Å². The molecule has 0 bridgehead atoms. The molecule has 0 radical (unpaired) electrons. The van der Waals surface area contributed by atoms with Crippen molar-refractivity contribution in [2.45, 2.75) is 13.5 Å². The molecule has 0 fully saturated rings. The molecule has 0 saturated heterocycles. The van der Waals surface area contributed by atoms with Crippen LogP contribution in [0.3, 0.4) is 0 Å². The Morgan fingerprint density at radius 3 is 2.68 bits per heavy atom. The second-order valence-electron chi connectivity index (χ2n) is 4.49. The number of H-pyrrole nitrogens is 1. The number of aromatic nitrogens is 2. The fraction of sp³-hybridized carbons (Fsp3) is 0.133. The number of rotatable bonds is 3. The first kappa shape index (κ1) is 12.2. The summed E-state index contributed by atoms with van der Waals surface area (Å²) in [6.45, 7) is 2.70. The van der Waals surface area contributed by atoms with Gasteiger partial charge in [-0.25, -0.2) is 4.98 Å². The van der Waals surface area contributed by atoms with Gasteiger partial charge in [-0.3, -0.25) is 0 Å². The molecule has 4 heteroatoms. The van der Waals surface area contributed by atoms with Gasteiger partial charge in [-0.15, -0.1) is 0 Å². The lowest BCUT2D eigenvalue weighted by Gasteiger charge is -2.10. The summed E-state index contributed by atoms with van der Waals surface area (Å²) >= 11 is 3.59. The molecule has 0 amide bonds. The van der Waals surface area contributed by atoms with Crippen LogP contribution in [0.25, 0.3) is 10.8 Å². The topological polar surface area (TPSA) is 40.7 Å². The molecule has 3 aromatic rings. The van der Waals surface area contributed by atoms with Gasteiger partial charge >= 0.3 is 0 Å². The second kappa shape index (κ2) is 5.05. The molecule has 2 N–H and O–H groups in total. The molecule has 0 spiro atoms. The number of nitrogens with one attached hydrogen (secondary N) is 2. The first-order valence-electron chi connectivity index (χ1n) is 6.15. The van der Waals surface area contributed by atoms with Crippen LogP contribution in [0, 0.1) is 6.92 Å². The van der Waals surface area contributed by atoms with E-state index in [9.17, 15) is 0 Å². The molecule has 3 nitrogen and oxygen atoms in total. The van der Waals surface area contributed by atoms with Crippen LogP contribution in [0.15, 0.2) is 47.1 Å². The van der Waals surface area contributed by atoms with Gasteiger partial charge in [0, 0.05) is 15.5 Å². The van der Waals surface area contributed by atoms with E-state index >= 15 is 0 Å². The molecular formula is C15H14BrN3. The van der Waals surface area contributed by atoms with Gasteiger partial charge in [0.25, 0.3) is 0 Å². The summed E-state index contributed by atoms with van der Waals surface area (Å²) < 4.78 is 1.12. The number of hydrogen-bond donors (Lipinski definition) is 2. The molecular weight excluding hydrogens is 302 g/mol. The van der Waals surface area contributed by atoms with Gasteiger partial charge < -0.3 is 10.3 Å². The predicted octanol–water partition coefficient (Wildman–Crippen LogP) is 4.25. The lowest BCUT2D eigenvalue weighted by atomic mass is 10.1. The summed E-state index contributed by atoms with van der Waals surface area (Å²) in [5, 5.41) is 5.88. The molecule has 0 saturated carbocycles. The Balaban J connectivity index is 1.91. The minimum absolute atomic E-state index is 0.743. The maximum Gasteiger partial charge on any atom is 0.103 e. The zero-order valence-corrected chi connectivity index (χ0v) is 12.2. The van der Waals surface area contributed by atoms with Crippen LogP contribution in [0.2, 0.25) is 0 Å². The summed E-state index contributed by atoms with van der Waals surface area (Å²) in [7, 11) is 0. The van der Waals surface area contributed by atoms with Gasteiger partial charge in [0.05, 0.1) is 18.4 Å². The molecule has 0 unspecified atom stereocenters. The van der Waals surface area contributed by atoms with E-state index in [-0.39, 0.29) is 0 Å². The van der Waals surface area contributed by atoms with Crippen LogP contribution >= 0.6 is 15.9 Å². The summed E-state index contributed by atoms with van der Waals surface area (Å²) in [5.41, 5.74) is 2.22. The van der Waals surface area contributed by atoms with E-state index in [1.54, 1.807) is 0 Å². The third-order valence-electron chi connectivity index (χ3n) is 3.10. The van der Waals surface area contributed by atoms with Crippen LogP contribution in [0.4, 0.5) is 5.69 Å². The van der Waals surface area contributed by atoms with E-state index in [0.29, 0.717) is 0 Å². The summed E-state index contributed by atoms with van der Waals surface area (Å²) in [6, 6.07) is 12.5. The van der Waals surface area contributed by atoms with Crippen molar-refractivity contribution in [3.63, 3.8) is 0 Å². The van der Waals surface area contributed by atoms with E-state index in [1.807, 2.05) is 13.1 Å². The highest BCUT2D eigenvalue weighted by molar-refractivity contribution is 9.10. The number of nitrogens with zero attached hydrogens (tertiary/aromatic N) is 1. The summed E-state index contributed by atoms with van der Waals surface area (Å²) in [4.78, 5) is 7.43. The monoisotopic (exact) mass is 315 g/mol. The van der Waals surface area contributed by atoms with Crippen molar-refractivity contribution in [1.29, 1.82) is 0 Å².